The number of nitrogen functional groups attached to an aromatic ring is 1. The second-order valence-electron chi connectivity index (χ2n) is 4.28. The molecule has 94 valence electrons. The van der Waals surface area contributed by atoms with E-state index in [-0.39, 0.29) is 0 Å². The van der Waals surface area contributed by atoms with Crippen LogP contribution in [0.25, 0.3) is 0 Å². The third-order valence-electron chi connectivity index (χ3n) is 2.78. The van der Waals surface area contributed by atoms with Crippen LogP contribution in [0, 0.1) is 0 Å². The summed E-state index contributed by atoms with van der Waals surface area (Å²) in [6, 6.07) is 6.17. The van der Waals surface area contributed by atoms with Gasteiger partial charge in [-0.25, -0.2) is 4.68 Å². The molecule has 0 bridgehead atoms. The van der Waals surface area contributed by atoms with Crippen molar-refractivity contribution in [2.75, 3.05) is 5.73 Å². The highest BCUT2D eigenvalue weighted by Gasteiger charge is 2.27. The Morgan fingerprint density at radius 2 is 2.28 bits per heavy atom. The van der Waals surface area contributed by atoms with Crippen molar-refractivity contribution in [2.24, 2.45) is 0 Å². The Hall–Kier alpha value is -1.27. The summed E-state index contributed by atoms with van der Waals surface area (Å²) in [4.78, 5) is 0. The number of benzene rings is 1. The molecule has 2 aromatic rings. The summed E-state index contributed by atoms with van der Waals surface area (Å²) in [5.41, 5.74) is 7.50. The number of rotatable bonds is 4. The van der Waals surface area contributed by atoms with Crippen LogP contribution in [0.2, 0.25) is 5.02 Å². The van der Waals surface area contributed by atoms with Gasteiger partial charge in [-0.15, -0.1) is 5.10 Å². The summed E-state index contributed by atoms with van der Waals surface area (Å²) in [6.45, 7) is 0. The molecule has 0 spiro atoms. The molecule has 1 heterocycles. The lowest BCUT2D eigenvalue weighted by atomic mass is 10.2. The standard InChI is InChI=1S/C11H12ClN5S/c12-9-4-1-7(5-10(9)13)6-18-11-14-15-16-17(11)8-2-3-8/h1,4-5,8H,2-3,6,13H2. The van der Waals surface area contributed by atoms with Crippen LogP contribution in [0.3, 0.4) is 0 Å². The van der Waals surface area contributed by atoms with E-state index in [9.17, 15) is 0 Å². The maximum Gasteiger partial charge on any atom is 0.209 e. The van der Waals surface area contributed by atoms with Crippen molar-refractivity contribution in [1.82, 2.24) is 20.2 Å². The largest absolute Gasteiger partial charge is 0.398 e. The van der Waals surface area contributed by atoms with Crippen LogP contribution < -0.4 is 5.73 Å². The fourth-order valence-electron chi connectivity index (χ4n) is 1.66. The highest BCUT2D eigenvalue weighted by molar-refractivity contribution is 7.98. The number of hydrogen-bond donors (Lipinski definition) is 1. The van der Waals surface area contributed by atoms with E-state index in [1.54, 1.807) is 11.8 Å². The summed E-state index contributed by atoms with van der Waals surface area (Å²) in [5.74, 6) is 0.786. The van der Waals surface area contributed by atoms with E-state index in [0.717, 1.165) is 16.5 Å². The molecule has 0 radical (unpaired) electrons. The first-order valence-corrected chi connectivity index (χ1v) is 7.05. The number of anilines is 1. The van der Waals surface area contributed by atoms with Gasteiger partial charge in [-0.1, -0.05) is 29.4 Å². The van der Waals surface area contributed by atoms with E-state index in [1.807, 2.05) is 22.9 Å². The van der Waals surface area contributed by atoms with Crippen molar-refractivity contribution in [1.29, 1.82) is 0 Å². The first-order valence-electron chi connectivity index (χ1n) is 5.68. The van der Waals surface area contributed by atoms with E-state index >= 15 is 0 Å². The summed E-state index contributed by atoms with van der Waals surface area (Å²) >= 11 is 7.51. The number of nitrogens with zero attached hydrogens (tertiary/aromatic N) is 4. The molecule has 2 N–H and O–H groups in total. The van der Waals surface area contributed by atoms with E-state index in [4.69, 9.17) is 17.3 Å². The Labute approximate surface area is 114 Å². The predicted molar refractivity (Wildman–Crippen MR) is 71.5 cm³/mol. The van der Waals surface area contributed by atoms with Gasteiger partial charge in [0.2, 0.25) is 5.16 Å². The number of tetrazole rings is 1. The zero-order chi connectivity index (χ0) is 12.5. The molecule has 1 aliphatic carbocycles. The molecule has 7 heteroatoms. The Morgan fingerprint density at radius 3 is 3.00 bits per heavy atom. The average Bonchev–Trinajstić information content (AvgIpc) is 3.10. The van der Waals surface area contributed by atoms with Crippen LogP contribution in [0.5, 0.6) is 0 Å². The third kappa shape index (κ3) is 2.44. The second-order valence-corrected chi connectivity index (χ2v) is 5.63. The lowest BCUT2D eigenvalue weighted by Crippen LogP contribution is -1.99. The van der Waals surface area contributed by atoms with Gasteiger partial charge in [0.1, 0.15) is 0 Å². The minimum Gasteiger partial charge on any atom is -0.398 e. The molecule has 0 atom stereocenters. The molecule has 1 fully saturated rings. The van der Waals surface area contributed by atoms with Gasteiger partial charge in [0.15, 0.2) is 0 Å². The average molecular weight is 282 g/mol. The maximum atomic E-state index is 5.89. The van der Waals surface area contributed by atoms with Gasteiger partial charge < -0.3 is 5.73 Å². The first-order chi connectivity index (χ1) is 8.74. The van der Waals surface area contributed by atoms with E-state index < -0.39 is 0 Å². The minimum atomic E-state index is 0.498. The summed E-state index contributed by atoms with van der Waals surface area (Å²) in [7, 11) is 0. The van der Waals surface area contributed by atoms with Crippen LogP contribution in [-0.2, 0) is 5.75 Å². The maximum absolute atomic E-state index is 5.89. The molecular weight excluding hydrogens is 270 g/mol. The summed E-state index contributed by atoms with van der Waals surface area (Å²) in [5, 5.41) is 13.2. The van der Waals surface area contributed by atoms with Crippen molar-refractivity contribution >= 4 is 29.1 Å². The lowest BCUT2D eigenvalue weighted by molar-refractivity contribution is 0.565. The molecule has 5 nitrogen and oxygen atoms in total. The van der Waals surface area contributed by atoms with Crippen molar-refractivity contribution < 1.29 is 0 Å². The zero-order valence-corrected chi connectivity index (χ0v) is 11.2. The van der Waals surface area contributed by atoms with Gasteiger partial charge >= 0.3 is 0 Å². The Kier molecular flexibility index (Phi) is 3.13. The molecule has 18 heavy (non-hydrogen) atoms. The van der Waals surface area contributed by atoms with Crippen LogP contribution in [-0.4, -0.2) is 20.2 Å². The van der Waals surface area contributed by atoms with Crippen LogP contribution in [0.1, 0.15) is 24.4 Å². The van der Waals surface area contributed by atoms with Crippen LogP contribution >= 0.6 is 23.4 Å². The molecular formula is C11H12ClN5S. The molecule has 3 rings (SSSR count). The molecule has 0 aliphatic heterocycles. The Bertz CT molecular complexity index is 566. The van der Waals surface area contributed by atoms with E-state index in [0.29, 0.717) is 16.8 Å². The molecule has 1 aliphatic rings. The van der Waals surface area contributed by atoms with Crippen LogP contribution in [0.4, 0.5) is 5.69 Å². The van der Waals surface area contributed by atoms with E-state index in [1.165, 1.54) is 12.8 Å². The Morgan fingerprint density at radius 1 is 1.44 bits per heavy atom. The van der Waals surface area contributed by atoms with Gasteiger partial charge in [0, 0.05) is 5.75 Å². The summed E-state index contributed by atoms with van der Waals surface area (Å²) in [6.07, 6.45) is 2.35. The number of halogens is 1. The molecule has 0 amide bonds. The van der Waals surface area contributed by atoms with Gasteiger partial charge in [-0.05, 0) is 41.0 Å². The molecule has 1 aromatic carbocycles. The van der Waals surface area contributed by atoms with Crippen molar-refractivity contribution in [2.45, 2.75) is 29.8 Å². The topological polar surface area (TPSA) is 69.6 Å². The fourth-order valence-corrected chi connectivity index (χ4v) is 2.66. The smallest absolute Gasteiger partial charge is 0.209 e. The SMILES string of the molecule is Nc1cc(CSc2nnnn2C2CC2)ccc1Cl. The highest BCUT2D eigenvalue weighted by Crippen LogP contribution is 2.37. The first kappa shape index (κ1) is 11.8. The predicted octanol–water partition coefficient (Wildman–Crippen LogP) is 2.54. The number of hydrogen-bond acceptors (Lipinski definition) is 5. The molecule has 0 saturated heterocycles. The Balaban J connectivity index is 1.69. The quantitative estimate of drug-likeness (QED) is 0.689. The van der Waals surface area contributed by atoms with Crippen LogP contribution in [0.15, 0.2) is 23.4 Å². The van der Waals surface area contributed by atoms with Gasteiger partial charge in [0.05, 0.1) is 16.8 Å². The highest BCUT2D eigenvalue weighted by atomic mass is 35.5. The van der Waals surface area contributed by atoms with E-state index in [2.05, 4.69) is 15.5 Å². The van der Waals surface area contributed by atoms with Crippen molar-refractivity contribution in [3.8, 4) is 0 Å². The van der Waals surface area contributed by atoms with Crippen molar-refractivity contribution in [3.63, 3.8) is 0 Å². The zero-order valence-electron chi connectivity index (χ0n) is 9.58. The van der Waals surface area contributed by atoms with Crippen molar-refractivity contribution in [3.05, 3.63) is 28.8 Å². The third-order valence-corrected chi connectivity index (χ3v) is 4.13. The number of thioether (sulfide) groups is 1. The number of nitrogens with two attached hydrogens (primary N) is 1. The minimum absolute atomic E-state index is 0.498. The molecule has 1 aromatic heterocycles. The normalized spacial score (nSPS) is 14.9. The monoisotopic (exact) mass is 281 g/mol. The van der Waals surface area contributed by atoms with Gasteiger partial charge in [0.25, 0.3) is 0 Å². The fraction of sp³-hybridized carbons (Fsp3) is 0.364. The van der Waals surface area contributed by atoms with Gasteiger partial charge in [-0.3, -0.25) is 0 Å². The lowest BCUT2D eigenvalue weighted by Gasteiger charge is -2.04. The second kappa shape index (κ2) is 4.78. The number of aromatic nitrogens is 4. The molecule has 0 unspecified atom stereocenters. The summed E-state index contributed by atoms with van der Waals surface area (Å²) < 4.78 is 1.91. The van der Waals surface area contributed by atoms with Gasteiger partial charge in [-0.2, -0.15) is 0 Å². The molecule has 1 saturated carbocycles.